The Labute approximate surface area is 119 Å². The van der Waals surface area contributed by atoms with Crippen LogP contribution in [-0.2, 0) is 6.18 Å². The third-order valence-corrected chi connectivity index (χ3v) is 3.55. The Bertz CT molecular complexity index is 526. The van der Waals surface area contributed by atoms with Crippen LogP contribution >= 0.6 is 0 Å². The molecule has 0 aromatic heterocycles. The van der Waals surface area contributed by atoms with Crippen LogP contribution in [0.1, 0.15) is 18.4 Å². The van der Waals surface area contributed by atoms with Crippen molar-refractivity contribution >= 4 is 11.4 Å². The van der Waals surface area contributed by atoms with Crippen molar-refractivity contribution in [2.24, 2.45) is 0 Å². The van der Waals surface area contributed by atoms with E-state index in [1.807, 2.05) is 7.05 Å². The Morgan fingerprint density at radius 1 is 1.29 bits per heavy atom. The Morgan fingerprint density at radius 3 is 2.43 bits per heavy atom. The van der Waals surface area contributed by atoms with Gasteiger partial charge in [-0.15, -0.1) is 0 Å². The van der Waals surface area contributed by atoms with Crippen molar-refractivity contribution in [3.8, 4) is 0 Å². The topological polar surface area (TPSA) is 58.4 Å². The second-order valence-electron chi connectivity index (χ2n) is 5.25. The second-order valence-corrected chi connectivity index (χ2v) is 5.25. The van der Waals surface area contributed by atoms with Crippen LogP contribution in [0.4, 0.5) is 24.5 Å². The summed E-state index contributed by atoms with van der Waals surface area (Å²) in [6, 6.07) is 2.66. The highest BCUT2D eigenvalue weighted by Gasteiger charge is 2.33. The molecular formula is C13H16F3N3O2. The lowest BCUT2D eigenvalue weighted by molar-refractivity contribution is -0.385. The zero-order valence-corrected chi connectivity index (χ0v) is 11.5. The number of nitro benzene ring substituents is 1. The first-order valence-electron chi connectivity index (χ1n) is 6.57. The number of alkyl halides is 3. The molecule has 1 saturated heterocycles. The number of non-ortho nitro benzene ring substituents is 1. The average molecular weight is 303 g/mol. The van der Waals surface area contributed by atoms with Crippen molar-refractivity contribution in [1.82, 2.24) is 4.90 Å². The van der Waals surface area contributed by atoms with Crippen LogP contribution in [0.3, 0.4) is 0 Å². The van der Waals surface area contributed by atoms with Crippen LogP contribution in [0.5, 0.6) is 0 Å². The third kappa shape index (κ3) is 4.07. The summed E-state index contributed by atoms with van der Waals surface area (Å²) in [6.07, 6.45) is -3.02. The van der Waals surface area contributed by atoms with Gasteiger partial charge in [-0.25, -0.2) is 0 Å². The van der Waals surface area contributed by atoms with Crippen LogP contribution in [0, 0.1) is 10.1 Å². The highest BCUT2D eigenvalue weighted by Crippen LogP contribution is 2.34. The van der Waals surface area contributed by atoms with Gasteiger partial charge in [0.25, 0.3) is 5.69 Å². The Morgan fingerprint density at radius 2 is 1.90 bits per heavy atom. The molecule has 1 heterocycles. The maximum Gasteiger partial charge on any atom is 0.416 e. The number of hydrogen-bond acceptors (Lipinski definition) is 4. The zero-order valence-electron chi connectivity index (χ0n) is 11.5. The second kappa shape index (κ2) is 5.88. The van der Waals surface area contributed by atoms with E-state index in [-0.39, 0.29) is 11.7 Å². The summed E-state index contributed by atoms with van der Waals surface area (Å²) in [5.41, 5.74) is -1.42. The van der Waals surface area contributed by atoms with E-state index in [1.165, 1.54) is 0 Å². The number of benzene rings is 1. The van der Waals surface area contributed by atoms with Gasteiger partial charge in [0.1, 0.15) is 0 Å². The third-order valence-electron chi connectivity index (χ3n) is 3.55. The van der Waals surface area contributed by atoms with Crippen molar-refractivity contribution in [1.29, 1.82) is 0 Å². The van der Waals surface area contributed by atoms with Gasteiger partial charge in [0, 0.05) is 23.9 Å². The molecule has 1 fully saturated rings. The minimum absolute atomic E-state index is 0.0317. The van der Waals surface area contributed by atoms with Crippen LogP contribution in [0.15, 0.2) is 18.2 Å². The quantitative estimate of drug-likeness (QED) is 0.688. The number of likely N-dealkylation sites (tertiary alicyclic amines) is 1. The molecule has 8 heteroatoms. The van der Waals surface area contributed by atoms with Crippen molar-refractivity contribution < 1.29 is 18.1 Å². The van der Waals surface area contributed by atoms with Crippen molar-refractivity contribution in [3.05, 3.63) is 33.9 Å². The highest BCUT2D eigenvalue weighted by atomic mass is 19.4. The average Bonchev–Trinajstić information content (AvgIpc) is 2.40. The molecule has 1 aliphatic rings. The lowest BCUT2D eigenvalue weighted by Crippen LogP contribution is -2.36. The van der Waals surface area contributed by atoms with Gasteiger partial charge in [-0.3, -0.25) is 10.1 Å². The molecule has 0 amide bonds. The van der Waals surface area contributed by atoms with Gasteiger partial charge in [0.05, 0.1) is 10.5 Å². The number of hydrogen-bond donors (Lipinski definition) is 1. The van der Waals surface area contributed by atoms with Gasteiger partial charge < -0.3 is 10.2 Å². The maximum absolute atomic E-state index is 12.8. The fourth-order valence-corrected chi connectivity index (χ4v) is 2.35. The summed E-state index contributed by atoms with van der Waals surface area (Å²) in [6.45, 7) is 1.69. The number of nitrogens with one attached hydrogen (secondary N) is 1. The number of anilines is 1. The van der Waals surface area contributed by atoms with Crippen molar-refractivity contribution in [3.63, 3.8) is 0 Å². The van der Waals surface area contributed by atoms with Crippen LogP contribution in [0.2, 0.25) is 0 Å². The molecule has 0 spiro atoms. The minimum atomic E-state index is -4.60. The molecule has 0 unspecified atom stereocenters. The molecule has 0 radical (unpaired) electrons. The first-order chi connectivity index (χ1) is 9.75. The summed E-state index contributed by atoms with van der Waals surface area (Å²) in [5.74, 6) is 0. The fraction of sp³-hybridized carbons (Fsp3) is 0.538. The standard InChI is InChI=1S/C13H16F3N3O2/c1-18-4-2-10(3-5-18)17-11-6-9(13(14,15)16)7-12(8-11)19(20)21/h6-8,10,17H,2-5H2,1H3. The molecule has 21 heavy (non-hydrogen) atoms. The van der Waals surface area contributed by atoms with Gasteiger partial charge in [-0.05, 0) is 39.0 Å². The molecular weight excluding hydrogens is 287 g/mol. The van der Waals surface area contributed by atoms with E-state index in [4.69, 9.17) is 0 Å². The van der Waals surface area contributed by atoms with E-state index in [0.29, 0.717) is 6.07 Å². The zero-order chi connectivity index (χ0) is 15.6. The lowest BCUT2D eigenvalue weighted by Gasteiger charge is -2.30. The first kappa shape index (κ1) is 15.6. The van der Waals surface area contributed by atoms with Gasteiger partial charge in [-0.1, -0.05) is 0 Å². The number of piperidine rings is 1. The summed E-state index contributed by atoms with van der Waals surface area (Å²) < 4.78 is 38.4. The SMILES string of the molecule is CN1CCC(Nc2cc([N+](=O)[O-])cc(C(F)(F)F)c2)CC1. The van der Waals surface area contributed by atoms with Crippen LogP contribution in [0.25, 0.3) is 0 Å². The normalized spacial score (nSPS) is 17.7. The Balaban J connectivity index is 2.22. The molecule has 1 aromatic rings. The summed E-state index contributed by atoms with van der Waals surface area (Å²) in [5, 5.41) is 13.7. The predicted molar refractivity (Wildman–Crippen MR) is 72.2 cm³/mol. The van der Waals surface area contributed by atoms with Crippen LogP contribution < -0.4 is 5.32 Å². The van der Waals surface area contributed by atoms with E-state index in [1.54, 1.807) is 0 Å². The lowest BCUT2D eigenvalue weighted by atomic mass is 10.0. The first-order valence-corrected chi connectivity index (χ1v) is 6.57. The Hall–Kier alpha value is -1.83. The molecule has 1 N–H and O–H groups in total. The number of nitrogens with zero attached hydrogens (tertiary/aromatic N) is 2. The van der Waals surface area contributed by atoms with Gasteiger partial charge in [-0.2, -0.15) is 13.2 Å². The highest BCUT2D eigenvalue weighted by molar-refractivity contribution is 5.55. The van der Waals surface area contributed by atoms with Crippen molar-refractivity contribution in [2.45, 2.75) is 25.1 Å². The van der Waals surface area contributed by atoms with Gasteiger partial charge >= 0.3 is 6.18 Å². The summed E-state index contributed by atoms with van der Waals surface area (Å²) in [7, 11) is 1.98. The van der Waals surface area contributed by atoms with Crippen LogP contribution in [-0.4, -0.2) is 36.0 Å². The largest absolute Gasteiger partial charge is 0.416 e. The molecule has 0 bridgehead atoms. The van der Waals surface area contributed by atoms with E-state index in [2.05, 4.69) is 10.2 Å². The fourth-order valence-electron chi connectivity index (χ4n) is 2.35. The molecule has 2 rings (SSSR count). The minimum Gasteiger partial charge on any atom is -0.382 e. The smallest absolute Gasteiger partial charge is 0.382 e. The Kier molecular flexibility index (Phi) is 4.36. The van der Waals surface area contributed by atoms with E-state index < -0.39 is 22.4 Å². The number of halogens is 3. The molecule has 1 aliphatic heterocycles. The van der Waals surface area contributed by atoms with Gasteiger partial charge in [0.15, 0.2) is 0 Å². The molecule has 0 atom stereocenters. The number of rotatable bonds is 3. The predicted octanol–water partition coefficient (Wildman–Crippen LogP) is 3.12. The maximum atomic E-state index is 12.8. The van der Waals surface area contributed by atoms with E-state index >= 15 is 0 Å². The summed E-state index contributed by atoms with van der Waals surface area (Å²) in [4.78, 5) is 12.1. The van der Waals surface area contributed by atoms with Crippen molar-refractivity contribution in [2.75, 3.05) is 25.5 Å². The van der Waals surface area contributed by atoms with E-state index in [0.717, 1.165) is 38.1 Å². The summed E-state index contributed by atoms with van der Waals surface area (Å²) >= 11 is 0. The monoisotopic (exact) mass is 303 g/mol. The molecule has 0 saturated carbocycles. The van der Waals surface area contributed by atoms with E-state index in [9.17, 15) is 23.3 Å². The van der Waals surface area contributed by atoms with Gasteiger partial charge in [0.2, 0.25) is 0 Å². The molecule has 5 nitrogen and oxygen atoms in total. The number of nitro groups is 1. The molecule has 1 aromatic carbocycles. The molecule has 116 valence electrons. The molecule has 0 aliphatic carbocycles.